The second-order valence-electron chi connectivity index (χ2n) is 7.50. The van der Waals surface area contributed by atoms with E-state index in [0.717, 1.165) is 69.2 Å². The van der Waals surface area contributed by atoms with E-state index in [9.17, 15) is 0 Å². The third-order valence-electron chi connectivity index (χ3n) is 5.73. The van der Waals surface area contributed by atoms with Crippen molar-refractivity contribution in [3.05, 3.63) is 46.3 Å². The number of aryl methyl sites for hydroxylation is 2. The summed E-state index contributed by atoms with van der Waals surface area (Å²) in [6.07, 6.45) is 8.32. The first-order valence-corrected chi connectivity index (χ1v) is 10.4. The van der Waals surface area contributed by atoms with Crippen molar-refractivity contribution < 1.29 is 4.52 Å². The lowest BCUT2D eigenvalue weighted by molar-refractivity contribution is 0.251. The summed E-state index contributed by atoms with van der Waals surface area (Å²) in [5.41, 5.74) is 3.93. The van der Waals surface area contributed by atoms with E-state index < -0.39 is 0 Å². The highest BCUT2D eigenvalue weighted by atomic mass is 35.5. The van der Waals surface area contributed by atoms with Crippen LogP contribution in [0, 0.1) is 0 Å². The van der Waals surface area contributed by atoms with Gasteiger partial charge in [0.25, 0.3) is 0 Å². The molecule has 1 saturated heterocycles. The van der Waals surface area contributed by atoms with Gasteiger partial charge in [0.05, 0.1) is 5.69 Å². The molecular formula is C21H28ClN3O. The number of rotatable bonds is 5. The van der Waals surface area contributed by atoms with Gasteiger partial charge >= 0.3 is 0 Å². The van der Waals surface area contributed by atoms with Gasteiger partial charge in [0.15, 0.2) is 0 Å². The lowest BCUT2D eigenvalue weighted by Crippen LogP contribution is -2.46. The molecule has 5 heteroatoms. The van der Waals surface area contributed by atoms with Gasteiger partial charge in [-0.3, -0.25) is 4.90 Å². The van der Waals surface area contributed by atoms with Crippen molar-refractivity contribution in [3.63, 3.8) is 0 Å². The zero-order valence-electron chi connectivity index (χ0n) is 15.4. The molecule has 1 fully saturated rings. The van der Waals surface area contributed by atoms with Crippen molar-refractivity contribution in [1.29, 1.82) is 0 Å². The minimum absolute atomic E-state index is 0.803. The van der Waals surface area contributed by atoms with Crippen LogP contribution in [-0.2, 0) is 19.3 Å². The van der Waals surface area contributed by atoms with E-state index in [1.165, 1.54) is 36.2 Å². The minimum atomic E-state index is 0.803. The van der Waals surface area contributed by atoms with Crippen LogP contribution in [0.1, 0.15) is 42.7 Å². The molecular weight excluding hydrogens is 346 g/mol. The Balaban J connectivity index is 1.23. The Morgan fingerprint density at radius 1 is 0.962 bits per heavy atom. The second-order valence-corrected chi connectivity index (χ2v) is 7.94. The number of aromatic nitrogens is 1. The first-order valence-electron chi connectivity index (χ1n) is 9.99. The fourth-order valence-electron chi connectivity index (χ4n) is 4.17. The average Bonchev–Trinajstić information content (AvgIpc) is 2.89. The van der Waals surface area contributed by atoms with Crippen LogP contribution in [0.25, 0.3) is 0 Å². The van der Waals surface area contributed by atoms with Crippen LogP contribution in [0.15, 0.2) is 28.8 Å². The van der Waals surface area contributed by atoms with Crippen molar-refractivity contribution in [1.82, 2.24) is 10.1 Å². The van der Waals surface area contributed by atoms with Gasteiger partial charge < -0.3 is 9.42 Å². The second kappa shape index (κ2) is 8.45. The summed E-state index contributed by atoms with van der Waals surface area (Å²) in [5, 5.41) is 5.13. The fourth-order valence-corrected chi connectivity index (χ4v) is 4.30. The molecule has 0 amide bonds. The van der Waals surface area contributed by atoms with Gasteiger partial charge in [0, 0.05) is 48.9 Å². The van der Waals surface area contributed by atoms with Crippen molar-refractivity contribution in [3.8, 4) is 0 Å². The summed E-state index contributed by atoms with van der Waals surface area (Å²) in [6, 6.07) is 8.19. The molecule has 1 aromatic carbocycles. The summed E-state index contributed by atoms with van der Waals surface area (Å²) in [4.78, 5) is 5.02. The van der Waals surface area contributed by atoms with E-state index >= 15 is 0 Å². The molecule has 2 aliphatic rings. The Morgan fingerprint density at radius 3 is 2.54 bits per heavy atom. The molecule has 0 bridgehead atoms. The van der Waals surface area contributed by atoms with Crippen LogP contribution in [0.4, 0.5) is 5.69 Å². The van der Waals surface area contributed by atoms with Crippen LogP contribution >= 0.6 is 11.6 Å². The molecule has 1 aromatic heterocycles. The summed E-state index contributed by atoms with van der Waals surface area (Å²) in [7, 11) is 0. The Bertz CT molecular complexity index is 705. The highest BCUT2D eigenvalue weighted by Gasteiger charge is 2.20. The number of halogens is 1. The molecule has 1 aliphatic carbocycles. The topological polar surface area (TPSA) is 32.5 Å². The number of nitrogens with zero attached hydrogens (tertiary/aromatic N) is 3. The van der Waals surface area contributed by atoms with E-state index in [4.69, 9.17) is 16.1 Å². The average molecular weight is 374 g/mol. The molecule has 2 aromatic rings. The third-order valence-corrected chi connectivity index (χ3v) is 5.99. The van der Waals surface area contributed by atoms with E-state index in [1.54, 1.807) is 0 Å². The highest BCUT2D eigenvalue weighted by molar-refractivity contribution is 6.30. The zero-order valence-corrected chi connectivity index (χ0v) is 16.2. The van der Waals surface area contributed by atoms with Crippen LogP contribution in [0.3, 0.4) is 0 Å². The van der Waals surface area contributed by atoms with Gasteiger partial charge in [-0.2, -0.15) is 0 Å². The molecule has 0 radical (unpaired) electrons. The Kier molecular flexibility index (Phi) is 5.81. The SMILES string of the molecule is Clc1ccc(N2CCN(CCCc3onc4c3CCCCC4)CC2)cc1. The zero-order chi connectivity index (χ0) is 17.8. The summed E-state index contributed by atoms with van der Waals surface area (Å²) >= 11 is 5.99. The van der Waals surface area contributed by atoms with E-state index in [0.29, 0.717) is 0 Å². The lowest BCUT2D eigenvalue weighted by Gasteiger charge is -2.36. The highest BCUT2D eigenvalue weighted by Crippen LogP contribution is 2.24. The van der Waals surface area contributed by atoms with Crippen molar-refractivity contribution >= 4 is 17.3 Å². The third kappa shape index (κ3) is 4.24. The normalized spacial score (nSPS) is 18.6. The van der Waals surface area contributed by atoms with Crippen molar-refractivity contribution in [2.75, 3.05) is 37.6 Å². The van der Waals surface area contributed by atoms with E-state index in [1.807, 2.05) is 12.1 Å². The van der Waals surface area contributed by atoms with Crippen LogP contribution in [-0.4, -0.2) is 42.8 Å². The number of fused-ring (bicyclic) bond motifs is 1. The van der Waals surface area contributed by atoms with Crippen molar-refractivity contribution in [2.45, 2.75) is 44.9 Å². The molecule has 1 aliphatic heterocycles. The molecule has 4 rings (SSSR count). The molecule has 4 nitrogen and oxygen atoms in total. The number of hydrogen-bond acceptors (Lipinski definition) is 4. The number of anilines is 1. The van der Waals surface area contributed by atoms with Crippen LogP contribution in [0.2, 0.25) is 5.02 Å². The summed E-state index contributed by atoms with van der Waals surface area (Å²) in [6.45, 7) is 5.55. The fraction of sp³-hybridized carbons (Fsp3) is 0.571. The number of benzene rings is 1. The van der Waals surface area contributed by atoms with Crippen molar-refractivity contribution in [2.24, 2.45) is 0 Å². The molecule has 0 N–H and O–H groups in total. The minimum Gasteiger partial charge on any atom is -0.369 e. The van der Waals surface area contributed by atoms with E-state index in [2.05, 4.69) is 27.1 Å². The van der Waals surface area contributed by atoms with Crippen LogP contribution < -0.4 is 4.90 Å². The Labute approximate surface area is 161 Å². The molecule has 140 valence electrons. The summed E-state index contributed by atoms with van der Waals surface area (Å²) in [5.74, 6) is 1.15. The maximum atomic E-state index is 5.99. The van der Waals surface area contributed by atoms with Gasteiger partial charge in [0.1, 0.15) is 5.76 Å². The standard InChI is InChI=1S/C21H28ClN3O/c22-17-8-10-18(11-9-17)25-15-13-24(14-16-25)12-4-7-21-19-5-2-1-3-6-20(19)23-26-21/h8-11H,1-7,12-16H2. The smallest absolute Gasteiger partial charge is 0.140 e. The van der Waals surface area contributed by atoms with Gasteiger partial charge in [-0.05, 0) is 62.9 Å². The number of hydrogen-bond donors (Lipinski definition) is 0. The summed E-state index contributed by atoms with van der Waals surface area (Å²) < 4.78 is 5.66. The molecule has 0 spiro atoms. The predicted octanol–water partition coefficient (Wildman–Crippen LogP) is 4.35. The predicted molar refractivity (Wildman–Crippen MR) is 106 cm³/mol. The molecule has 2 heterocycles. The Hall–Kier alpha value is -1.52. The maximum absolute atomic E-state index is 5.99. The first kappa shape index (κ1) is 17.9. The van der Waals surface area contributed by atoms with Gasteiger partial charge in [-0.25, -0.2) is 0 Å². The quantitative estimate of drug-likeness (QED) is 0.729. The number of piperazine rings is 1. The molecule has 0 atom stereocenters. The van der Waals surface area contributed by atoms with E-state index in [-0.39, 0.29) is 0 Å². The van der Waals surface area contributed by atoms with Gasteiger partial charge in [0.2, 0.25) is 0 Å². The molecule has 0 unspecified atom stereocenters. The molecule has 0 saturated carbocycles. The Morgan fingerprint density at radius 2 is 1.73 bits per heavy atom. The monoisotopic (exact) mass is 373 g/mol. The van der Waals surface area contributed by atoms with Gasteiger partial charge in [-0.15, -0.1) is 0 Å². The van der Waals surface area contributed by atoms with Gasteiger partial charge in [-0.1, -0.05) is 23.2 Å². The largest absolute Gasteiger partial charge is 0.369 e. The lowest BCUT2D eigenvalue weighted by atomic mass is 10.1. The first-order chi connectivity index (χ1) is 12.8. The van der Waals surface area contributed by atoms with Crippen LogP contribution in [0.5, 0.6) is 0 Å². The molecule has 26 heavy (non-hydrogen) atoms. The maximum Gasteiger partial charge on any atom is 0.140 e.